The van der Waals surface area contributed by atoms with Crippen LogP contribution >= 0.6 is 11.3 Å². The van der Waals surface area contributed by atoms with Crippen molar-refractivity contribution in [3.8, 4) is 11.4 Å². The van der Waals surface area contributed by atoms with Crippen LogP contribution in [0.4, 0.5) is 0 Å². The van der Waals surface area contributed by atoms with Gasteiger partial charge < -0.3 is 18.8 Å². The first-order valence-corrected chi connectivity index (χ1v) is 15.6. The van der Waals surface area contributed by atoms with Crippen molar-refractivity contribution in [3.63, 3.8) is 0 Å². The van der Waals surface area contributed by atoms with Crippen LogP contribution in [-0.4, -0.2) is 41.9 Å². The lowest BCUT2D eigenvalue weighted by Crippen LogP contribution is -2.40. The molecule has 0 radical (unpaired) electrons. The molecule has 46 heavy (non-hydrogen) atoms. The second-order valence-corrected chi connectivity index (χ2v) is 11.9. The molecule has 1 aliphatic rings. The molecule has 10 heteroatoms. The highest BCUT2D eigenvalue weighted by atomic mass is 32.1. The smallest absolute Gasteiger partial charge is 0.338 e. The molecule has 9 nitrogen and oxygen atoms in total. The van der Waals surface area contributed by atoms with E-state index in [1.54, 1.807) is 37.7 Å². The summed E-state index contributed by atoms with van der Waals surface area (Å²) < 4.78 is 20.3. The van der Waals surface area contributed by atoms with Crippen LogP contribution in [0.15, 0.2) is 87.8 Å². The van der Waals surface area contributed by atoms with Crippen molar-refractivity contribution >= 4 is 40.1 Å². The third kappa shape index (κ3) is 5.14. The van der Waals surface area contributed by atoms with Crippen molar-refractivity contribution < 1.29 is 23.8 Å². The number of aryl methyl sites for hydroxylation is 1. The van der Waals surface area contributed by atoms with Gasteiger partial charge in [0.25, 0.3) is 5.56 Å². The molecule has 1 atom stereocenters. The van der Waals surface area contributed by atoms with Crippen molar-refractivity contribution in [1.82, 2.24) is 9.13 Å². The van der Waals surface area contributed by atoms with Crippen molar-refractivity contribution in [3.05, 3.63) is 126 Å². The van der Waals surface area contributed by atoms with Crippen molar-refractivity contribution in [2.45, 2.75) is 33.7 Å². The van der Waals surface area contributed by atoms with E-state index in [4.69, 9.17) is 19.2 Å². The van der Waals surface area contributed by atoms with Crippen LogP contribution in [0, 0.1) is 13.8 Å². The molecular formula is C36H33N3O6S. The zero-order valence-corrected chi connectivity index (χ0v) is 27.2. The molecule has 0 saturated heterocycles. The predicted molar refractivity (Wildman–Crippen MR) is 177 cm³/mol. The van der Waals surface area contributed by atoms with Gasteiger partial charge in [-0.05, 0) is 80.4 Å². The Kier molecular flexibility index (Phi) is 8.22. The molecule has 0 spiro atoms. The fraction of sp³-hybridized carbons (Fsp3) is 0.222. The molecule has 6 rings (SSSR count). The molecule has 0 aliphatic carbocycles. The summed E-state index contributed by atoms with van der Waals surface area (Å²) >= 11 is 1.26. The number of hydrogen-bond donors (Lipinski definition) is 0. The molecule has 3 aromatic carbocycles. The van der Waals surface area contributed by atoms with E-state index in [1.807, 2.05) is 79.1 Å². The monoisotopic (exact) mass is 635 g/mol. The van der Waals surface area contributed by atoms with Gasteiger partial charge in [0, 0.05) is 22.6 Å². The second-order valence-electron chi connectivity index (χ2n) is 10.9. The summed E-state index contributed by atoms with van der Waals surface area (Å²) in [5, 5.41) is 1.80. The first-order valence-electron chi connectivity index (χ1n) is 14.8. The minimum Gasteiger partial charge on any atom is -0.496 e. The van der Waals surface area contributed by atoms with Crippen molar-refractivity contribution in [2.75, 3.05) is 20.8 Å². The van der Waals surface area contributed by atoms with Gasteiger partial charge >= 0.3 is 11.9 Å². The third-order valence-corrected chi connectivity index (χ3v) is 9.21. The molecule has 0 unspecified atom stereocenters. The summed E-state index contributed by atoms with van der Waals surface area (Å²) in [5.74, 6) is -0.399. The molecule has 0 fully saturated rings. The van der Waals surface area contributed by atoms with Gasteiger partial charge in [0.1, 0.15) is 11.8 Å². The molecule has 1 aliphatic heterocycles. The number of thiazole rings is 1. The average Bonchev–Trinajstić information content (AvgIpc) is 3.52. The molecule has 0 amide bonds. The van der Waals surface area contributed by atoms with E-state index in [9.17, 15) is 14.4 Å². The number of methoxy groups -OCH3 is 2. The van der Waals surface area contributed by atoms with Crippen LogP contribution in [-0.2, 0) is 14.3 Å². The maximum atomic E-state index is 14.4. The molecule has 234 valence electrons. The van der Waals surface area contributed by atoms with Crippen LogP contribution in [0.1, 0.15) is 52.8 Å². The zero-order chi connectivity index (χ0) is 32.7. The van der Waals surface area contributed by atoms with Crippen molar-refractivity contribution in [2.24, 2.45) is 4.99 Å². The molecule has 5 aromatic rings. The quantitative estimate of drug-likeness (QED) is 0.229. The van der Waals surface area contributed by atoms with E-state index < -0.39 is 18.0 Å². The van der Waals surface area contributed by atoms with Crippen LogP contribution < -0.4 is 19.6 Å². The lowest BCUT2D eigenvalue weighted by Gasteiger charge is -2.27. The first kappa shape index (κ1) is 30.8. The summed E-state index contributed by atoms with van der Waals surface area (Å²) in [4.78, 5) is 45.3. The highest BCUT2D eigenvalue weighted by Crippen LogP contribution is 2.40. The standard InChI is InChI=1S/C36H33N3O6S/c1-7-45-35(42)30-21(3)37-36-39(32(30)31-27-14-9-8-11-23(27)15-16-28(31)43-5)33(40)29(46-36)19-25-17-20(2)38(22(25)4)26-13-10-12-24(18-26)34(41)44-6/h8-19,32H,7H2,1-6H3/b29-19+/t32-/m0/s1. The van der Waals surface area contributed by atoms with E-state index in [1.165, 1.54) is 18.4 Å². The highest BCUT2D eigenvalue weighted by Gasteiger charge is 2.36. The summed E-state index contributed by atoms with van der Waals surface area (Å²) in [6, 6.07) is 20.0. The number of fused-ring (bicyclic) bond motifs is 2. The van der Waals surface area contributed by atoms with Gasteiger partial charge in [-0.15, -0.1) is 0 Å². The fourth-order valence-corrected chi connectivity index (χ4v) is 7.20. The van der Waals surface area contributed by atoms with Crippen LogP contribution in [0.5, 0.6) is 5.75 Å². The largest absolute Gasteiger partial charge is 0.496 e. The summed E-state index contributed by atoms with van der Waals surface area (Å²) in [6.45, 7) is 7.63. The number of rotatable bonds is 7. The van der Waals surface area contributed by atoms with E-state index in [2.05, 4.69) is 0 Å². The van der Waals surface area contributed by atoms with Gasteiger partial charge in [-0.1, -0.05) is 47.7 Å². The minimum absolute atomic E-state index is 0.178. The Morgan fingerprint density at radius 2 is 1.76 bits per heavy atom. The lowest BCUT2D eigenvalue weighted by atomic mass is 9.90. The zero-order valence-electron chi connectivity index (χ0n) is 26.4. The maximum absolute atomic E-state index is 14.4. The normalized spacial score (nSPS) is 14.7. The minimum atomic E-state index is -0.827. The Balaban J connectivity index is 1.57. The van der Waals surface area contributed by atoms with Gasteiger partial charge in [0.15, 0.2) is 4.80 Å². The summed E-state index contributed by atoms with van der Waals surface area (Å²) in [5.41, 5.74) is 5.08. The first-order chi connectivity index (χ1) is 22.2. The van der Waals surface area contributed by atoms with Gasteiger partial charge in [-0.2, -0.15) is 0 Å². The van der Waals surface area contributed by atoms with E-state index in [0.29, 0.717) is 37.5 Å². The Labute approximate surface area is 269 Å². The Morgan fingerprint density at radius 3 is 2.50 bits per heavy atom. The van der Waals surface area contributed by atoms with Crippen LogP contribution in [0.2, 0.25) is 0 Å². The number of benzene rings is 3. The van der Waals surface area contributed by atoms with Crippen LogP contribution in [0.3, 0.4) is 0 Å². The Morgan fingerprint density at radius 1 is 0.978 bits per heavy atom. The number of aromatic nitrogens is 2. The van der Waals surface area contributed by atoms with E-state index in [0.717, 1.165) is 33.4 Å². The summed E-state index contributed by atoms with van der Waals surface area (Å²) in [7, 11) is 2.93. The topological polar surface area (TPSA) is 101 Å². The number of carbonyl (C=O) groups is 2. The highest BCUT2D eigenvalue weighted by molar-refractivity contribution is 7.07. The van der Waals surface area contributed by atoms with Gasteiger partial charge in [0.05, 0.1) is 42.2 Å². The lowest BCUT2D eigenvalue weighted by molar-refractivity contribution is -0.139. The fourth-order valence-electron chi connectivity index (χ4n) is 6.16. The Hall–Kier alpha value is -5.22. The molecule has 0 saturated carbocycles. The van der Waals surface area contributed by atoms with Gasteiger partial charge in [-0.3, -0.25) is 9.36 Å². The second kappa shape index (κ2) is 12.3. The molecule has 0 bridgehead atoms. The number of ether oxygens (including phenoxy) is 3. The number of carbonyl (C=O) groups excluding carboxylic acids is 2. The third-order valence-electron chi connectivity index (χ3n) is 8.22. The molecule has 2 aromatic heterocycles. The van der Waals surface area contributed by atoms with Gasteiger partial charge in [0.2, 0.25) is 0 Å². The molecular weight excluding hydrogens is 602 g/mol. The predicted octanol–water partition coefficient (Wildman–Crippen LogP) is 5.15. The molecule has 3 heterocycles. The maximum Gasteiger partial charge on any atom is 0.338 e. The van der Waals surface area contributed by atoms with Gasteiger partial charge in [-0.25, -0.2) is 14.6 Å². The SMILES string of the molecule is CCOC(=O)C1=C(C)N=c2s/c(=C/c3cc(C)n(-c4cccc(C(=O)OC)c4)c3C)c(=O)n2[C@@H]1c1c(OC)ccc2ccccc12. The van der Waals surface area contributed by atoms with Crippen LogP contribution in [0.25, 0.3) is 22.5 Å². The number of allylic oxidation sites excluding steroid dienone is 1. The number of hydrogen-bond acceptors (Lipinski definition) is 8. The average molecular weight is 636 g/mol. The number of esters is 2. The van der Waals surface area contributed by atoms with E-state index >= 15 is 0 Å². The Bertz CT molecular complexity index is 2260. The van der Waals surface area contributed by atoms with E-state index in [-0.39, 0.29) is 12.2 Å². The number of nitrogens with zero attached hydrogens (tertiary/aromatic N) is 3. The molecule has 0 N–H and O–H groups in total. The van der Waals surface area contributed by atoms with Crippen molar-refractivity contribution in [1.29, 1.82) is 0 Å². The summed E-state index contributed by atoms with van der Waals surface area (Å²) in [6.07, 6.45) is 1.85.